The average Bonchev–Trinajstić information content (AvgIpc) is 2.65. The van der Waals surface area contributed by atoms with Gasteiger partial charge in [0.25, 0.3) is 0 Å². The van der Waals surface area contributed by atoms with Crippen LogP contribution in [0.3, 0.4) is 0 Å². The van der Waals surface area contributed by atoms with Crippen LogP contribution in [0.4, 0.5) is 4.79 Å². The Hall–Kier alpha value is -1.74. The number of ether oxygens (including phenoxy) is 2. The molecule has 0 aromatic carbocycles. The number of thioether (sulfide) groups is 1. The molecule has 0 radical (unpaired) electrons. The number of rotatable bonds is 5. The second-order valence-electron chi connectivity index (χ2n) is 3.78. The third kappa shape index (κ3) is 2.66. The van der Waals surface area contributed by atoms with Crippen LogP contribution in [-0.4, -0.2) is 53.2 Å². The zero-order valence-corrected chi connectivity index (χ0v) is 10.6. The summed E-state index contributed by atoms with van der Waals surface area (Å²) >= 11 is 1.26. The van der Waals surface area contributed by atoms with Gasteiger partial charge < -0.3 is 20.3 Å². The lowest BCUT2D eigenvalue weighted by molar-refractivity contribution is -0.149. The highest BCUT2D eigenvalue weighted by molar-refractivity contribution is 8.04. The van der Waals surface area contributed by atoms with Crippen LogP contribution < -0.4 is 5.73 Å². The van der Waals surface area contributed by atoms with Crippen molar-refractivity contribution >= 4 is 29.7 Å². The number of carbonyl (C=O) groups is 3. The predicted molar refractivity (Wildman–Crippen MR) is 63.4 cm³/mol. The van der Waals surface area contributed by atoms with E-state index in [2.05, 4.69) is 4.74 Å². The molecule has 2 amide bonds. The number of β-lactam (4-membered cyclic amide) rings is 1. The summed E-state index contributed by atoms with van der Waals surface area (Å²) < 4.78 is 9.42. The minimum Gasteiger partial charge on any atom is -0.459 e. The number of primary amides is 1. The van der Waals surface area contributed by atoms with Gasteiger partial charge >= 0.3 is 12.1 Å². The summed E-state index contributed by atoms with van der Waals surface area (Å²) in [4.78, 5) is 35.6. The number of hydrogen-bond donors (Lipinski definition) is 2. The molecule has 9 heteroatoms. The number of nitrogens with zero attached hydrogens (tertiary/aromatic N) is 1. The van der Waals surface area contributed by atoms with E-state index in [0.29, 0.717) is 11.3 Å². The zero-order valence-electron chi connectivity index (χ0n) is 9.83. The molecular weight excluding hydrogens is 276 g/mol. The Labute approximate surface area is 112 Å². The number of nitrogens with two attached hydrogens (primary N) is 1. The van der Waals surface area contributed by atoms with Crippen LogP contribution in [0, 0.1) is 0 Å². The van der Waals surface area contributed by atoms with E-state index in [1.165, 1.54) is 16.7 Å². The van der Waals surface area contributed by atoms with Crippen molar-refractivity contribution in [3.05, 3.63) is 10.6 Å². The van der Waals surface area contributed by atoms with Crippen molar-refractivity contribution in [2.45, 2.75) is 11.8 Å². The Balaban J connectivity index is 2.13. The lowest BCUT2D eigenvalue weighted by Crippen LogP contribution is -2.48. The first-order valence-corrected chi connectivity index (χ1v) is 6.34. The Kier molecular flexibility index (Phi) is 3.96. The van der Waals surface area contributed by atoms with Gasteiger partial charge in [-0.25, -0.2) is 9.59 Å². The average molecular weight is 288 g/mol. The molecule has 19 heavy (non-hydrogen) atoms. The van der Waals surface area contributed by atoms with Crippen LogP contribution in [-0.2, 0) is 19.1 Å². The largest absolute Gasteiger partial charge is 0.459 e. The van der Waals surface area contributed by atoms with E-state index < -0.39 is 12.1 Å². The highest BCUT2D eigenvalue weighted by Gasteiger charge is 2.48. The molecule has 1 fully saturated rings. The van der Waals surface area contributed by atoms with Crippen LogP contribution >= 0.6 is 11.8 Å². The lowest BCUT2D eigenvalue weighted by Gasteiger charge is -2.34. The summed E-state index contributed by atoms with van der Waals surface area (Å²) in [6.45, 7) is -0.649. The number of amides is 2. The third-order valence-electron chi connectivity index (χ3n) is 2.55. The fourth-order valence-electron chi connectivity index (χ4n) is 1.76. The van der Waals surface area contributed by atoms with Crippen molar-refractivity contribution in [1.29, 1.82) is 0 Å². The summed E-state index contributed by atoms with van der Waals surface area (Å²) in [6, 6.07) is 0. The molecule has 1 atom stereocenters. The van der Waals surface area contributed by atoms with Crippen molar-refractivity contribution < 1.29 is 29.0 Å². The SMILES string of the molecule is NC(=O)OCC1=C(C(=O)OCCO)N2C(=O)C[C@@H]2S1. The van der Waals surface area contributed by atoms with E-state index in [1.807, 2.05) is 0 Å². The van der Waals surface area contributed by atoms with Gasteiger partial charge in [-0.3, -0.25) is 9.69 Å². The van der Waals surface area contributed by atoms with Gasteiger partial charge in [0.2, 0.25) is 5.91 Å². The van der Waals surface area contributed by atoms with E-state index in [1.54, 1.807) is 0 Å². The fraction of sp³-hybridized carbons (Fsp3) is 0.500. The lowest BCUT2D eigenvalue weighted by atomic mass is 10.1. The smallest absolute Gasteiger partial charge is 0.404 e. The summed E-state index contributed by atoms with van der Waals surface area (Å²) in [5.74, 6) is -0.914. The molecule has 0 aliphatic carbocycles. The zero-order chi connectivity index (χ0) is 14.0. The van der Waals surface area contributed by atoms with E-state index in [9.17, 15) is 14.4 Å². The van der Waals surface area contributed by atoms with E-state index in [4.69, 9.17) is 15.6 Å². The molecule has 2 aliphatic heterocycles. The fourth-order valence-corrected chi connectivity index (χ4v) is 3.07. The van der Waals surface area contributed by atoms with Crippen molar-refractivity contribution in [2.75, 3.05) is 19.8 Å². The number of carbonyl (C=O) groups excluding carboxylic acids is 3. The molecule has 0 saturated carbocycles. The Morgan fingerprint density at radius 1 is 1.47 bits per heavy atom. The maximum absolute atomic E-state index is 11.8. The number of esters is 1. The highest BCUT2D eigenvalue weighted by atomic mass is 32.2. The van der Waals surface area contributed by atoms with Crippen LogP contribution in [0.5, 0.6) is 0 Å². The summed E-state index contributed by atoms with van der Waals surface area (Å²) in [5, 5.41) is 8.46. The van der Waals surface area contributed by atoms with Crippen LogP contribution in [0.15, 0.2) is 10.6 Å². The van der Waals surface area contributed by atoms with Gasteiger partial charge in [0.15, 0.2) is 0 Å². The molecule has 0 aromatic rings. The quantitative estimate of drug-likeness (QED) is 0.498. The minimum atomic E-state index is -0.961. The van der Waals surface area contributed by atoms with Gasteiger partial charge in [-0.05, 0) is 0 Å². The summed E-state index contributed by atoms with van der Waals surface area (Å²) in [7, 11) is 0. The normalized spacial score (nSPS) is 21.0. The van der Waals surface area contributed by atoms with Crippen molar-refractivity contribution in [1.82, 2.24) is 4.90 Å². The maximum Gasteiger partial charge on any atom is 0.404 e. The van der Waals surface area contributed by atoms with Crippen LogP contribution in [0.25, 0.3) is 0 Å². The first-order valence-electron chi connectivity index (χ1n) is 5.46. The molecule has 0 bridgehead atoms. The van der Waals surface area contributed by atoms with Crippen molar-refractivity contribution in [2.24, 2.45) is 5.73 Å². The second-order valence-corrected chi connectivity index (χ2v) is 5.05. The first kappa shape index (κ1) is 13.7. The van der Waals surface area contributed by atoms with Gasteiger partial charge in [0.1, 0.15) is 18.9 Å². The summed E-state index contributed by atoms with van der Waals surface area (Å²) in [6.07, 6.45) is -0.640. The monoisotopic (exact) mass is 288 g/mol. The van der Waals surface area contributed by atoms with E-state index >= 15 is 0 Å². The number of hydrogen-bond acceptors (Lipinski definition) is 7. The molecule has 104 valence electrons. The molecule has 1 saturated heterocycles. The van der Waals surface area contributed by atoms with E-state index in [-0.39, 0.29) is 36.8 Å². The maximum atomic E-state index is 11.8. The standard InChI is InChI=1S/C10H12N2O6S/c11-10(16)18-4-5-8(9(15)17-2-1-13)12-6(14)3-7(12)19-5/h7,13H,1-4H2,(H2,11,16)/t7-/m0/s1. The van der Waals surface area contributed by atoms with Gasteiger partial charge in [-0.1, -0.05) is 11.8 Å². The number of fused-ring (bicyclic) bond motifs is 1. The van der Waals surface area contributed by atoms with Gasteiger partial charge in [0, 0.05) is 0 Å². The topological polar surface area (TPSA) is 119 Å². The first-order chi connectivity index (χ1) is 9.04. The molecule has 2 rings (SSSR count). The number of aliphatic hydroxyl groups excluding tert-OH is 1. The molecule has 0 aromatic heterocycles. The minimum absolute atomic E-state index is 0.0703. The molecule has 8 nitrogen and oxygen atoms in total. The summed E-state index contributed by atoms with van der Waals surface area (Å²) in [5.41, 5.74) is 4.93. The Bertz CT molecular complexity index is 463. The molecule has 3 N–H and O–H groups in total. The Morgan fingerprint density at radius 2 is 2.21 bits per heavy atom. The molecule has 0 spiro atoms. The van der Waals surface area contributed by atoms with Gasteiger partial charge in [0.05, 0.1) is 23.3 Å². The highest BCUT2D eigenvalue weighted by Crippen LogP contribution is 2.46. The number of aliphatic hydroxyl groups is 1. The van der Waals surface area contributed by atoms with Crippen LogP contribution in [0.2, 0.25) is 0 Å². The van der Waals surface area contributed by atoms with Crippen LogP contribution in [0.1, 0.15) is 6.42 Å². The van der Waals surface area contributed by atoms with E-state index in [0.717, 1.165) is 0 Å². The molecular formula is C10H12N2O6S. The Morgan fingerprint density at radius 3 is 2.79 bits per heavy atom. The molecule has 2 aliphatic rings. The molecule has 2 heterocycles. The van der Waals surface area contributed by atoms with Gasteiger partial charge in [-0.15, -0.1) is 0 Å². The van der Waals surface area contributed by atoms with Crippen molar-refractivity contribution in [3.63, 3.8) is 0 Å². The van der Waals surface area contributed by atoms with Gasteiger partial charge in [-0.2, -0.15) is 0 Å². The second kappa shape index (κ2) is 5.49. The van der Waals surface area contributed by atoms with Crippen molar-refractivity contribution in [3.8, 4) is 0 Å². The predicted octanol–water partition coefficient (Wildman–Crippen LogP) is -0.866. The third-order valence-corrected chi connectivity index (χ3v) is 3.80. The molecule has 0 unspecified atom stereocenters.